The van der Waals surface area contributed by atoms with Gasteiger partial charge in [0, 0.05) is 44.7 Å². The summed E-state index contributed by atoms with van der Waals surface area (Å²) < 4.78 is 6.87. The summed E-state index contributed by atoms with van der Waals surface area (Å²) in [6.07, 6.45) is 14.6. The average molecular weight is 499 g/mol. The topological polar surface area (TPSA) is 61.6 Å². The second-order valence-corrected chi connectivity index (χ2v) is 11.8. The molecular weight excluding hydrogens is 434 g/mol. The van der Waals surface area contributed by atoms with Crippen LogP contribution in [0.4, 0.5) is 0 Å². The number of hydrogen-bond donors (Lipinski definition) is 2. The van der Waals surface area contributed by atoms with E-state index < -0.39 is 0 Å². The number of rotatable bonds is 20. The first-order valence-electron chi connectivity index (χ1n) is 15.1. The SMILES string of the molecule is CCCCCCCCCCC1CN(CCN(CC[NH2+]C)C(C)(C)CCN)CCC(C)(N(C)CC)O1. The molecule has 1 rings (SSSR count). The summed E-state index contributed by atoms with van der Waals surface area (Å²) in [7, 11) is 4.39. The lowest BCUT2D eigenvalue weighted by Crippen LogP contribution is -2.81. The van der Waals surface area contributed by atoms with E-state index in [1.165, 1.54) is 57.8 Å². The van der Waals surface area contributed by atoms with E-state index in [1.807, 2.05) is 0 Å². The molecule has 0 bridgehead atoms. The summed E-state index contributed by atoms with van der Waals surface area (Å²) in [5, 5.41) is 2.29. The number of nitrogens with zero attached hydrogens (tertiary/aromatic N) is 3. The third-order valence-corrected chi connectivity index (χ3v) is 8.42. The first-order valence-corrected chi connectivity index (χ1v) is 15.1. The van der Waals surface area contributed by atoms with E-state index in [0.29, 0.717) is 6.10 Å². The molecule has 210 valence electrons. The van der Waals surface area contributed by atoms with Crippen LogP contribution in [0.15, 0.2) is 0 Å². The number of quaternary nitrogens is 1. The molecule has 6 heteroatoms. The van der Waals surface area contributed by atoms with Crippen molar-refractivity contribution in [2.45, 2.75) is 123 Å². The lowest BCUT2D eigenvalue weighted by Gasteiger charge is -2.39. The molecule has 35 heavy (non-hydrogen) atoms. The van der Waals surface area contributed by atoms with Gasteiger partial charge >= 0.3 is 0 Å². The van der Waals surface area contributed by atoms with Crippen LogP contribution in [-0.2, 0) is 4.74 Å². The van der Waals surface area contributed by atoms with Gasteiger partial charge in [0.2, 0.25) is 0 Å². The first-order chi connectivity index (χ1) is 16.7. The molecular formula is C29H64N5O+. The van der Waals surface area contributed by atoms with Gasteiger partial charge in [-0.25, -0.2) is 0 Å². The summed E-state index contributed by atoms with van der Waals surface area (Å²) >= 11 is 0. The van der Waals surface area contributed by atoms with Crippen LogP contribution >= 0.6 is 0 Å². The van der Waals surface area contributed by atoms with Gasteiger partial charge in [0.15, 0.2) is 0 Å². The standard InChI is InChI=1S/C29H63N5O/c1-8-10-11-12-13-14-15-16-17-27-26-33(22-19-29(5,35-27)32(7)9-2)24-25-34(23-21-31-6)28(3,4)18-20-30/h27,31H,8-26,30H2,1-7H3/p+1. The van der Waals surface area contributed by atoms with Crippen LogP contribution < -0.4 is 11.1 Å². The smallest absolute Gasteiger partial charge is 0.120 e. The van der Waals surface area contributed by atoms with E-state index in [2.05, 4.69) is 68.7 Å². The number of nitrogens with two attached hydrogens (primary N) is 2. The zero-order valence-electron chi connectivity index (χ0n) is 24.9. The lowest BCUT2D eigenvalue weighted by molar-refractivity contribution is -0.627. The van der Waals surface area contributed by atoms with Gasteiger partial charge in [0.1, 0.15) is 5.72 Å². The highest BCUT2D eigenvalue weighted by Gasteiger charge is 2.36. The van der Waals surface area contributed by atoms with Gasteiger partial charge in [-0.2, -0.15) is 0 Å². The predicted octanol–water partition coefficient (Wildman–Crippen LogP) is 3.90. The minimum Gasteiger partial charge on any atom is -0.356 e. The maximum atomic E-state index is 6.87. The molecule has 0 aliphatic carbocycles. The summed E-state index contributed by atoms with van der Waals surface area (Å²) in [5.41, 5.74) is 5.95. The van der Waals surface area contributed by atoms with Crippen LogP contribution in [0.2, 0.25) is 0 Å². The van der Waals surface area contributed by atoms with E-state index >= 15 is 0 Å². The van der Waals surface area contributed by atoms with Crippen molar-refractivity contribution >= 4 is 0 Å². The third kappa shape index (κ3) is 12.7. The van der Waals surface area contributed by atoms with Gasteiger partial charge in [0.05, 0.1) is 19.7 Å². The molecule has 1 heterocycles. The van der Waals surface area contributed by atoms with Crippen LogP contribution in [0.1, 0.15) is 105 Å². The maximum Gasteiger partial charge on any atom is 0.120 e. The van der Waals surface area contributed by atoms with Gasteiger partial charge in [-0.05, 0) is 53.8 Å². The van der Waals surface area contributed by atoms with Crippen LogP contribution in [0.5, 0.6) is 0 Å². The summed E-state index contributed by atoms with van der Waals surface area (Å²) in [4.78, 5) is 7.76. The fraction of sp³-hybridized carbons (Fsp3) is 1.00. The fourth-order valence-corrected chi connectivity index (χ4v) is 5.45. The molecule has 0 aromatic carbocycles. The van der Waals surface area contributed by atoms with Crippen molar-refractivity contribution in [2.75, 3.05) is 66.5 Å². The Morgan fingerprint density at radius 1 is 1.06 bits per heavy atom. The second-order valence-electron chi connectivity index (χ2n) is 11.8. The van der Waals surface area contributed by atoms with Crippen molar-refractivity contribution in [3.8, 4) is 0 Å². The molecule has 6 nitrogen and oxygen atoms in total. The quantitative estimate of drug-likeness (QED) is 0.249. The highest BCUT2D eigenvalue weighted by Crippen LogP contribution is 2.28. The highest BCUT2D eigenvalue weighted by atomic mass is 16.5. The zero-order valence-corrected chi connectivity index (χ0v) is 24.9. The van der Waals surface area contributed by atoms with E-state index in [1.54, 1.807) is 0 Å². The number of hydrogen-bond acceptors (Lipinski definition) is 5. The third-order valence-electron chi connectivity index (χ3n) is 8.42. The Morgan fingerprint density at radius 2 is 1.71 bits per heavy atom. The monoisotopic (exact) mass is 499 g/mol. The van der Waals surface area contributed by atoms with Crippen molar-refractivity contribution in [3.63, 3.8) is 0 Å². The largest absolute Gasteiger partial charge is 0.356 e. The second kappa shape index (κ2) is 18.1. The number of likely N-dealkylation sites (N-methyl/N-ethyl adjacent to an activating group) is 1. The average Bonchev–Trinajstić information content (AvgIpc) is 2.99. The summed E-state index contributed by atoms with van der Waals surface area (Å²) in [6.45, 7) is 20.0. The molecule has 2 atom stereocenters. The van der Waals surface area contributed by atoms with Crippen molar-refractivity contribution in [1.29, 1.82) is 0 Å². The molecule has 0 amide bonds. The number of ether oxygens (including phenoxy) is 1. The first kappa shape index (κ1) is 32.8. The van der Waals surface area contributed by atoms with Crippen molar-refractivity contribution in [3.05, 3.63) is 0 Å². The minimum atomic E-state index is -0.163. The van der Waals surface area contributed by atoms with Gasteiger partial charge in [-0.15, -0.1) is 0 Å². The Labute approximate surface area is 219 Å². The predicted molar refractivity (Wildman–Crippen MR) is 152 cm³/mol. The van der Waals surface area contributed by atoms with Crippen LogP contribution in [0, 0.1) is 0 Å². The Kier molecular flexibility index (Phi) is 16.9. The van der Waals surface area contributed by atoms with E-state index in [9.17, 15) is 0 Å². The molecule has 0 radical (unpaired) electrons. The molecule has 2 unspecified atom stereocenters. The zero-order chi connectivity index (χ0) is 26.2. The molecule has 4 N–H and O–H groups in total. The highest BCUT2D eigenvalue weighted by molar-refractivity contribution is 4.86. The molecule has 1 aliphatic heterocycles. The maximum absolute atomic E-state index is 6.87. The van der Waals surface area contributed by atoms with E-state index in [-0.39, 0.29) is 11.3 Å². The Balaban J connectivity index is 2.70. The Morgan fingerprint density at radius 3 is 2.31 bits per heavy atom. The molecule has 1 aliphatic rings. The van der Waals surface area contributed by atoms with Gasteiger partial charge in [-0.1, -0.05) is 65.2 Å². The van der Waals surface area contributed by atoms with Crippen molar-refractivity contribution in [2.24, 2.45) is 5.73 Å². The van der Waals surface area contributed by atoms with Crippen molar-refractivity contribution < 1.29 is 10.1 Å². The van der Waals surface area contributed by atoms with E-state index in [0.717, 1.165) is 65.2 Å². The van der Waals surface area contributed by atoms with Crippen LogP contribution in [0.3, 0.4) is 0 Å². The van der Waals surface area contributed by atoms with E-state index in [4.69, 9.17) is 10.5 Å². The molecule has 0 saturated carbocycles. The van der Waals surface area contributed by atoms with Gasteiger partial charge in [-0.3, -0.25) is 14.7 Å². The fourth-order valence-electron chi connectivity index (χ4n) is 5.45. The van der Waals surface area contributed by atoms with Gasteiger partial charge in [0.25, 0.3) is 0 Å². The molecule has 0 aromatic heterocycles. The Bertz CT molecular complexity index is 517. The minimum absolute atomic E-state index is 0.146. The number of unbranched alkanes of at least 4 members (excludes halogenated alkanes) is 7. The summed E-state index contributed by atoms with van der Waals surface area (Å²) in [5.74, 6) is 0. The normalized spacial score (nSPS) is 22.3. The van der Waals surface area contributed by atoms with Crippen molar-refractivity contribution in [1.82, 2.24) is 14.7 Å². The lowest BCUT2D eigenvalue weighted by atomic mass is 9.98. The molecule has 1 saturated heterocycles. The van der Waals surface area contributed by atoms with Gasteiger partial charge < -0.3 is 15.8 Å². The Hall–Kier alpha value is -0.240. The molecule has 1 fully saturated rings. The molecule has 0 aromatic rings. The van der Waals surface area contributed by atoms with Crippen LogP contribution in [-0.4, -0.2) is 98.5 Å². The molecule has 0 spiro atoms. The van der Waals surface area contributed by atoms with Crippen LogP contribution in [0.25, 0.3) is 0 Å². The summed E-state index contributed by atoms with van der Waals surface area (Å²) in [6, 6.07) is 0.